The Morgan fingerprint density at radius 1 is 1.50 bits per heavy atom. The van der Waals surface area contributed by atoms with Crippen LogP contribution in [0.2, 0.25) is 0 Å². The Labute approximate surface area is 86.4 Å². The molecule has 3 heteroatoms. The van der Waals surface area contributed by atoms with Gasteiger partial charge in [-0.2, -0.15) is 0 Å². The maximum Gasteiger partial charge on any atom is 0.236 e. The van der Waals surface area contributed by atoms with Crippen LogP contribution in [0.25, 0.3) is 0 Å². The highest BCUT2D eigenvalue weighted by Gasteiger charge is 2.20. The largest absolute Gasteiger partial charge is 0.354 e. The van der Waals surface area contributed by atoms with Gasteiger partial charge in [-0.15, -0.1) is 0 Å². The number of hydrogen-bond donors (Lipinski definition) is 2. The Hall–Kier alpha value is -0.570. The lowest BCUT2D eigenvalue weighted by atomic mass is 9.85. The van der Waals surface area contributed by atoms with Crippen molar-refractivity contribution in [2.24, 2.45) is 17.6 Å². The van der Waals surface area contributed by atoms with Crippen LogP contribution in [0.3, 0.4) is 0 Å². The molecule has 1 atom stereocenters. The standard InChI is InChI=1S/C11H22N2O/c1-8(2)6-10(12)11(14)13-7-9-4-3-5-9/h8-10H,3-7,12H2,1-2H3,(H,13,14)/t10-/m1/s1. The zero-order valence-corrected chi connectivity index (χ0v) is 9.25. The van der Waals surface area contributed by atoms with Crippen molar-refractivity contribution in [1.29, 1.82) is 0 Å². The van der Waals surface area contributed by atoms with Crippen LogP contribution >= 0.6 is 0 Å². The van der Waals surface area contributed by atoms with Crippen LogP contribution in [-0.4, -0.2) is 18.5 Å². The molecule has 1 fully saturated rings. The fraction of sp³-hybridized carbons (Fsp3) is 0.909. The summed E-state index contributed by atoms with van der Waals surface area (Å²) in [4.78, 5) is 11.5. The summed E-state index contributed by atoms with van der Waals surface area (Å²) >= 11 is 0. The van der Waals surface area contributed by atoms with Crippen LogP contribution in [-0.2, 0) is 4.79 Å². The van der Waals surface area contributed by atoms with Gasteiger partial charge in [-0.25, -0.2) is 0 Å². The van der Waals surface area contributed by atoms with Gasteiger partial charge in [0.05, 0.1) is 6.04 Å². The first kappa shape index (κ1) is 11.5. The predicted octanol–water partition coefficient (Wildman–Crippen LogP) is 1.28. The van der Waals surface area contributed by atoms with E-state index in [0.717, 1.165) is 13.0 Å². The lowest BCUT2D eigenvalue weighted by Crippen LogP contribution is -2.43. The maximum atomic E-state index is 11.5. The van der Waals surface area contributed by atoms with Crippen molar-refractivity contribution >= 4 is 5.91 Å². The van der Waals surface area contributed by atoms with Crippen LogP contribution in [0.15, 0.2) is 0 Å². The van der Waals surface area contributed by atoms with Gasteiger partial charge in [0.2, 0.25) is 5.91 Å². The second-order valence-electron chi connectivity index (χ2n) is 4.78. The summed E-state index contributed by atoms with van der Waals surface area (Å²) in [5.41, 5.74) is 5.75. The molecular weight excluding hydrogens is 176 g/mol. The lowest BCUT2D eigenvalue weighted by Gasteiger charge is -2.26. The third kappa shape index (κ3) is 3.66. The minimum absolute atomic E-state index is 0.0191. The number of hydrogen-bond acceptors (Lipinski definition) is 2. The molecule has 0 aliphatic heterocycles. The summed E-state index contributed by atoms with van der Waals surface area (Å²) in [6.07, 6.45) is 4.62. The Morgan fingerprint density at radius 2 is 2.14 bits per heavy atom. The first-order valence-corrected chi connectivity index (χ1v) is 5.63. The van der Waals surface area contributed by atoms with Crippen LogP contribution < -0.4 is 11.1 Å². The monoisotopic (exact) mass is 198 g/mol. The topological polar surface area (TPSA) is 55.1 Å². The molecule has 1 aliphatic rings. The third-order valence-electron chi connectivity index (χ3n) is 2.85. The molecule has 0 radical (unpaired) electrons. The van der Waals surface area contributed by atoms with Crippen LogP contribution in [0.4, 0.5) is 0 Å². The average Bonchev–Trinajstić information content (AvgIpc) is 1.99. The smallest absolute Gasteiger partial charge is 0.236 e. The first-order valence-electron chi connectivity index (χ1n) is 5.63. The zero-order valence-electron chi connectivity index (χ0n) is 9.25. The molecule has 0 heterocycles. The zero-order chi connectivity index (χ0) is 10.6. The van der Waals surface area contributed by atoms with Gasteiger partial charge in [0.1, 0.15) is 0 Å². The van der Waals surface area contributed by atoms with Gasteiger partial charge < -0.3 is 11.1 Å². The number of carbonyl (C=O) groups excluding carboxylic acids is 1. The highest BCUT2D eigenvalue weighted by atomic mass is 16.2. The van der Waals surface area contributed by atoms with E-state index in [2.05, 4.69) is 19.2 Å². The summed E-state index contributed by atoms with van der Waals surface area (Å²) in [6.45, 7) is 4.99. The molecule has 1 rings (SSSR count). The molecule has 14 heavy (non-hydrogen) atoms. The van der Waals surface area contributed by atoms with Gasteiger partial charge in [0.15, 0.2) is 0 Å². The van der Waals surface area contributed by atoms with Crippen molar-refractivity contribution < 1.29 is 4.79 Å². The molecule has 0 aromatic rings. The molecule has 0 unspecified atom stereocenters. The average molecular weight is 198 g/mol. The van der Waals surface area contributed by atoms with E-state index in [-0.39, 0.29) is 11.9 Å². The van der Waals surface area contributed by atoms with E-state index in [1.807, 2.05) is 0 Å². The second kappa shape index (κ2) is 5.35. The molecule has 3 N–H and O–H groups in total. The fourth-order valence-electron chi connectivity index (χ4n) is 1.69. The van der Waals surface area contributed by atoms with Crippen molar-refractivity contribution in [3.8, 4) is 0 Å². The van der Waals surface area contributed by atoms with E-state index in [1.54, 1.807) is 0 Å². The Bertz CT molecular complexity index is 188. The Kier molecular flexibility index (Phi) is 4.39. The molecule has 0 saturated heterocycles. The van der Waals surface area contributed by atoms with E-state index in [9.17, 15) is 4.79 Å². The summed E-state index contributed by atoms with van der Waals surface area (Å²) < 4.78 is 0. The number of nitrogens with two attached hydrogens (primary N) is 1. The number of carbonyl (C=O) groups is 1. The molecule has 1 aliphatic carbocycles. The van der Waals surface area contributed by atoms with Crippen LogP contribution in [0, 0.1) is 11.8 Å². The van der Waals surface area contributed by atoms with E-state index in [1.165, 1.54) is 19.3 Å². The minimum atomic E-state index is -0.324. The molecule has 1 saturated carbocycles. The van der Waals surface area contributed by atoms with Gasteiger partial charge in [0, 0.05) is 6.54 Å². The quantitative estimate of drug-likeness (QED) is 0.699. The lowest BCUT2D eigenvalue weighted by molar-refractivity contribution is -0.123. The molecule has 0 spiro atoms. The fourth-order valence-corrected chi connectivity index (χ4v) is 1.69. The summed E-state index contributed by atoms with van der Waals surface area (Å²) in [5.74, 6) is 1.22. The normalized spacial score (nSPS) is 19.1. The van der Waals surface area contributed by atoms with Gasteiger partial charge in [0.25, 0.3) is 0 Å². The summed E-state index contributed by atoms with van der Waals surface area (Å²) in [7, 11) is 0. The van der Waals surface area contributed by atoms with Gasteiger partial charge >= 0.3 is 0 Å². The van der Waals surface area contributed by atoms with Crippen molar-refractivity contribution in [3.63, 3.8) is 0 Å². The Morgan fingerprint density at radius 3 is 2.57 bits per heavy atom. The Balaban J connectivity index is 2.12. The number of amides is 1. The molecule has 0 bridgehead atoms. The van der Waals surface area contributed by atoms with Crippen LogP contribution in [0.5, 0.6) is 0 Å². The van der Waals surface area contributed by atoms with Crippen molar-refractivity contribution in [1.82, 2.24) is 5.32 Å². The first-order chi connectivity index (χ1) is 6.59. The van der Waals surface area contributed by atoms with Crippen molar-refractivity contribution in [2.75, 3.05) is 6.54 Å². The third-order valence-corrected chi connectivity index (χ3v) is 2.85. The highest BCUT2D eigenvalue weighted by Crippen LogP contribution is 2.25. The molecule has 82 valence electrons. The van der Waals surface area contributed by atoms with Crippen molar-refractivity contribution in [2.45, 2.75) is 45.6 Å². The number of rotatable bonds is 5. The van der Waals surface area contributed by atoms with Crippen LogP contribution in [0.1, 0.15) is 39.5 Å². The van der Waals surface area contributed by atoms with Gasteiger partial charge in [-0.05, 0) is 31.1 Å². The van der Waals surface area contributed by atoms with E-state index >= 15 is 0 Å². The van der Waals surface area contributed by atoms with Crippen molar-refractivity contribution in [3.05, 3.63) is 0 Å². The number of nitrogens with one attached hydrogen (secondary N) is 1. The molecule has 1 amide bonds. The molecule has 3 nitrogen and oxygen atoms in total. The second-order valence-corrected chi connectivity index (χ2v) is 4.78. The maximum absolute atomic E-state index is 11.5. The summed E-state index contributed by atoms with van der Waals surface area (Å²) in [6, 6.07) is -0.324. The molecule has 0 aromatic heterocycles. The highest BCUT2D eigenvalue weighted by molar-refractivity contribution is 5.81. The summed E-state index contributed by atoms with van der Waals surface area (Å²) in [5, 5.41) is 2.93. The SMILES string of the molecule is CC(C)C[C@@H](N)C(=O)NCC1CCC1. The van der Waals surface area contributed by atoms with E-state index in [4.69, 9.17) is 5.73 Å². The van der Waals surface area contributed by atoms with Gasteiger partial charge in [-0.1, -0.05) is 20.3 Å². The minimum Gasteiger partial charge on any atom is -0.354 e. The van der Waals surface area contributed by atoms with E-state index in [0.29, 0.717) is 11.8 Å². The predicted molar refractivity (Wildman–Crippen MR) is 57.8 cm³/mol. The molecular formula is C11H22N2O. The van der Waals surface area contributed by atoms with Gasteiger partial charge in [-0.3, -0.25) is 4.79 Å². The van der Waals surface area contributed by atoms with E-state index < -0.39 is 0 Å². The molecule has 0 aromatic carbocycles.